The van der Waals surface area contributed by atoms with Crippen LogP contribution in [0, 0.1) is 0 Å². The van der Waals surface area contributed by atoms with Crippen LogP contribution < -0.4 is 15.5 Å². The monoisotopic (exact) mass is 292 g/mol. The maximum Gasteiger partial charge on any atom is 0.157 e. The fourth-order valence-corrected chi connectivity index (χ4v) is 2.99. The molecule has 118 valence electrons. The van der Waals surface area contributed by atoms with Gasteiger partial charge in [-0.3, -0.25) is 0 Å². The summed E-state index contributed by atoms with van der Waals surface area (Å²) in [6.07, 6.45) is 3.93. The minimum Gasteiger partial charge on any atom is -0.393 e. The van der Waals surface area contributed by atoms with Gasteiger partial charge in [-0.2, -0.15) is 0 Å². The Balaban J connectivity index is 2.21. The van der Waals surface area contributed by atoms with Crippen LogP contribution in [-0.4, -0.2) is 61.2 Å². The van der Waals surface area contributed by atoms with Gasteiger partial charge in [-0.25, -0.2) is 9.97 Å². The highest BCUT2D eigenvalue weighted by atomic mass is 15.3. The van der Waals surface area contributed by atoms with Crippen molar-refractivity contribution in [2.75, 3.05) is 55.8 Å². The summed E-state index contributed by atoms with van der Waals surface area (Å²) in [5, 5.41) is 0. The van der Waals surface area contributed by atoms with Crippen LogP contribution in [0.25, 0.3) is 0 Å². The fraction of sp³-hybridized carbons (Fsp3) is 0.733. The van der Waals surface area contributed by atoms with Gasteiger partial charge in [-0.15, -0.1) is 0 Å². The van der Waals surface area contributed by atoms with Crippen molar-refractivity contribution in [2.45, 2.75) is 32.7 Å². The summed E-state index contributed by atoms with van der Waals surface area (Å²) in [4.78, 5) is 15.6. The van der Waals surface area contributed by atoms with Crippen LogP contribution in [0.2, 0.25) is 0 Å². The molecule has 0 amide bonds. The van der Waals surface area contributed by atoms with Gasteiger partial charge in [0, 0.05) is 26.2 Å². The Morgan fingerprint density at radius 2 is 1.76 bits per heavy atom. The molecule has 6 heteroatoms. The summed E-state index contributed by atoms with van der Waals surface area (Å²) < 4.78 is 0. The Bertz CT molecular complexity index is 451. The minimum atomic E-state index is 0.503. The minimum absolute atomic E-state index is 0.503. The van der Waals surface area contributed by atoms with Crippen molar-refractivity contribution < 1.29 is 0 Å². The zero-order valence-corrected chi connectivity index (χ0v) is 13.7. The normalized spacial score (nSPS) is 17.0. The third-order valence-electron chi connectivity index (χ3n) is 4.47. The fourth-order valence-electron chi connectivity index (χ4n) is 2.99. The molecule has 0 atom stereocenters. The predicted molar refractivity (Wildman–Crippen MR) is 88.9 cm³/mol. The molecular weight excluding hydrogens is 264 g/mol. The number of aromatic nitrogens is 2. The molecule has 0 saturated carbocycles. The van der Waals surface area contributed by atoms with Crippen LogP contribution in [0.1, 0.15) is 26.7 Å². The van der Waals surface area contributed by atoms with Crippen molar-refractivity contribution in [3.05, 3.63) is 6.33 Å². The summed E-state index contributed by atoms with van der Waals surface area (Å²) >= 11 is 0. The standard InChI is InChI=1S/C15H28N6/c1-5-21(6-2)15-13(16)14(17-11-18-15)20(4)12-7-9-19(3)10-8-12/h11-12H,5-10,16H2,1-4H3. The Hall–Kier alpha value is -1.56. The van der Waals surface area contributed by atoms with E-state index in [4.69, 9.17) is 5.73 Å². The maximum absolute atomic E-state index is 6.35. The first-order chi connectivity index (χ1) is 10.1. The molecule has 0 spiro atoms. The van der Waals surface area contributed by atoms with Gasteiger partial charge in [0.15, 0.2) is 11.6 Å². The Labute approximate surface area is 127 Å². The smallest absolute Gasteiger partial charge is 0.157 e. The molecular formula is C15H28N6. The van der Waals surface area contributed by atoms with Gasteiger partial charge in [-0.05, 0) is 46.8 Å². The number of anilines is 3. The summed E-state index contributed by atoms with van der Waals surface area (Å²) in [5.74, 6) is 1.71. The lowest BCUT2D eigenvalue weighted by molar-refractivity contribution is 0.252. The van der Waals surface area contributed by atoms with Crippen molar-refractivity contribution in [1.82, 2.24) is 14.9 Å². The zero-order valence-electron chi connectivity index (χ0n) is 13.7. The number of piperidine rings is 1. The Morgan fingerprint density at radius 1 is 1.19 bits per heavy atom. The molecule has 0 bridgehead atoms. The van der Waals surface area contributed by atoms with Crippen molar-refractivity contribution in [3.63, 3.8) is 0 Å². The molecule has 1 fully saturated rings. The number of hydrogen-bond acceptors (Lipinski definition) is 6. The second-order valence-corrected chi connectivity index (χ2v) is 5.75. The Kier molecular flexibility index (Phi) is 5.22. The first kappa shape index (κ1) is 15.8. The summed E-state index contributed by atoms with van der Waals surface area (Å²) in [7, 11) is 4.27. The third kappa shape index (κ3) is 3.37. The average Bonchev–Trinajstić information content (AvgIpc) is 2.50. The van der Waals surface area contributed by atoms with E-state index in [1.54, 1.807) is 6.33 Å². The van der Waals surface area contributed by atoms with E-state index < -0.39 is 0 Å². The second kappa shape index (κ2) is 6.93. The molecule has 6 nitrogen and oxygen atoms in total. The van der Waals surface area contributed by atoms with E-state index in [2.05, 4.69) is 52.6 Å². The quantitative estimate of drug-likeness (QED) is 0.886. The molecule has 0 aromatic carbocycles. The maximum atomic E-state index is 6.35. The van der Waals surface area contributed by atoms with Crippen LogP contribution in [0.5, 0.6) is 0 Å². The van der Waals surface area contributed by atoms with Crippen molar-refractivity contribution in [2.24, 2.45) is 0 Å². The lowest BCUT2D eigenvalue weighted by Gasteiger charge is -2.36. The van der Waals surface area contributed by atoms with Crippen LogP contribution in [-0.2, 0) is 0 Å². The first-order valence-corrected chi connectivity index (χ1v) is 7.85. The van der Waals surface area contributed by atoms with E-state index in [-0.39, 0.29) is 0 Å². The van der Waals surface area contributed by atoms with Crippen molar-refractivity contribution in [1.29, 1.82) is 0 Å². The van der Waals surface area contributed by atoms with Crippen molar-refractivity contribution in [3.8, 4) is 0 Å². The number of nitrogens with two attached hydrogens (primary N) is 1. The zero-order chi connectivity index (χ0) is 15.4. The van der Waals surface area contributed by atoms with Crippen LogP contribution in [0.4, 0.5) is 17.3 Å². The van der Waals surface area contributed by atoms with Gasteiger partial charge in [0.25, 0.3) is 0 Å². The number of rotatable bonds is 5. The highest BCUT2D eigenvalue weighted by molar-refractivity contribution is 5.75. The largest absolute Gasteiger partial charge is 0.393 e. The van der Waals surface area contributed by atoms with Gasteiger partial charge in [0.2, 0.25) is 0 Å². The Morgan fingerprint density at radius 3 is 2.33 bits per heavy atom. The van der Waals surface area contributed by atoms with Crippen LogP contribution >= 0.6 is 0 Å². The highest BCUT2D eigenvalue weighted by Crippen LogP contribution is 2.30. The van der Waals surface area contributed by atoms with Gasteiger partial charge >= 0.3 is 0 Å². The summed E-state index contributed by atoms with van der Waals surface area (Å²) in [5.41, 5.74) is 7.05. The van der Waals surface area contributed by atoms with Crippen LogP contribution in [0.15, 0.2) is 6.33 Å². The van der Waals surface area contributed by atoms with Gasteiger partial charge < -0.3 is 20.4 Å². The molecule has 21 heavy (non-hydrogen) atoms. The molecule has 2 N–H and O–H groups in total. The predicted octanol–water partition coefficient (Wildman–Crippen LogP) is 1.44. The molecule has 1 aromatic heterocycles. The van der Waals surface area contributed by atoms with E-state index in [0.29, 0.717) is 11.7 Å². The van der Waals surface area contributed by atoms with E-state index in [0.717, 1.165) is 50.7 Å². The molecule has 0 radical (unpaired) electrons. The summed E-state index contributed by atoms with van der Waals surface area (Å²) in [6, 6.07) is 0.503. The molecule has 1 aromatic rings. The van der Waals surface area contributed by atoms with Gasteiger partial charge in [0.1, 0.15) is 12.0 Å². The number of nitrogens with zero attached hydrogens (tertiary/aromatic N) is 5. The SMILES string of the molecule is CCN(CC)c1ncnc(N(C)C2CCN(C)CC2)c1N. The lowest BCUT2D eigenvalue weighted by Crippen LogP contribution is -2.42. The highest BCUT2D eigenvalue weighted by Gasteiger charge is 2.24. The van der Waals surface area contributed by atoms with Crippen LogP contribution in [0.3, 0.4) is 0 Å². The molecule has 2 heterocycles. The molecule has 1 aliphatic rings. The first-order valence-electron chi connectivity index (χ1n) is 7.85. The molecule has 1 aliphatic heterocycles. The van der Waals surface area contributed by atoms with E-state index >= 15 is 0 Å². The topological polar surface area (TPSA) is 61.5 Å². The van der Waals surface area contributed by atoms with Gasteiger partial charge in [0.05, 0.1) is 0 Å². The lowest BCUT2D eigenvalue weighted by atomic mass is 10.0. The van der Waals surface area contributed by atoms with E-state index in [1.807, 2.05) is 0 Å². The number of likely N-dealkylation sites (tertiary alicyclic amines) is 1. The molecule has 1 saturated heterocycles. The number of nitrogen functional groups attached to an aromatic ring is 1. The van der Waals surface area contributed by atoms with E-state index in [9.17, 15) is 0 Å². The molecule has 2 rings (SSSR count). The molecule has 0 unspecified atom stereocenters. The van der Waals surface area contributed by atoms with Crippen molar-refractivity contribution >= 4 is 17.3 Å². The average molecular weight is 292 g/mol. The molecule has 0 aliphatic carbocycles. The third-order valence-corrected chi connectivity index (χ3v) is 4.47. The second-order valence-electron chi connectivity index (χ2n) is 5.75. The summed E-state index contributed by atoms with van der Waals surface area (Å²) in [6.45, 7) is 8.28. The number of hydrogen-bond donors (Lipinski definition) is 1. The van der Waals surface area contributed by atoms with Gasteiger partial charge in [-0.1, -0.05) is 0 Å². The van der Waals surface area contributed by atoms with E-state index in [1.165, 1.54) is 0 Å².